The van der Waals surface area contributed by atoms with Crippen LogP contribution in [-0.2, 0) is 9.53 Å². The summed E-state index contributed by atoms with van der Waals surface area (Å²) in [6, 6.07) is 3.73. The fraction of sp³-hybridized carbons (Fsp3) is 0.286. The number of hydrogen-bond donors (Lipinski definition) is 2. The molecule has 0 saturated heterocycles. The lowest BCUT2D eigenvalue weighted by molar-refractivity contribution is -0.140. The molecule has 0 radical (unpaired) electrons. The quantitative estimate of drug-likeness (QED) is 0.596. The van der Waals surface area contributed by atoms with Crippen LogP contribution in [0.2, 0.25) is 5.02 Å². The third-order valence-corrected chi connectivity index (χ3v) is 2.80. The van der Waals surface area contributed by atoms with E-state index in [1.165, 1.54) is 12.1 Å². The summed E-state index contributed by atoms with van der Waals surface area (Å²) in [5.74, 6) is -1.67. The lowest BCUT2D eigenvalue weighted by Crippen LogP contribution is -2.44. The Hall–Kier alpha value is -1.85. The Morgan fingerprint density at radius 1 is 1.55 bits per heavy atom. The van der Waals surface area contributed by atoms with Crippen LogP contribution >= 0.6 is 11.6 Å². The second kappa shape index (κ2) is 7.67. The molecule has 6 heteroatoms. The van der Waals surface area contributed by atoms with Gasteiger partial charge in [-0.15, -0.1) is 6.58 Å². The molecule has 108 valence electrons. The van der Waals surface area contributed by atoms with Gasteiger partial charge in [0.1, 0.15) is 0 Å². The molecule has 0 heterocycles. The van der Waals surface area contributed by atoms with Crippen LogP contribution in [-0.4, -0.2) is 36.2 Å². The smallest absolute Gasteiger partial charge is 0.328 e. The first-order chi connectivity index (χ1) is 9.45. The number of benzene rings is 1. The van der Waals surface area contributed by atoms with E-state index in [9.17, 15) is 9.59 Å². The topological polar surface area (TPSA) is 75.6 Å². The van der Waals surface area contributed by atoms with Gasteiger partial charge in [0.2, 0.25) is 0 Å². The van der Waals surface area contributed by atoms with E-state index < -0.39 is 17.9 Å². The largest absolute Gasteiger partial charge is 0.480 e. The fourth-order valence-electron chi connectivity index (χ4n) is 1.52. The Bertz CT molecular complexity index is 516. The summed E-state index contributed by atoms with van der Waals surface area (Å²) < 4.78 is 5.06. The normalized spacial score (nSPS) is 11.7. The first kappa shape index (κ1) is 16.2. The number of halogens is 1. The predicted molar refractivity (Wildman–Crippen MR) is 76.1 cm³/mol. The molecule has 0 spiro atoms. The number of nitrogens with one attached hydrogen (secondary N) is 1. The number of aliphatic carboxylic acids is 1. The van der Waals surface area contributed by atoms with Crippen LogP contribution in [0.5, 0.6) is 0 Å². The van der Waals surface area contributed by atoms with Crippen molar-refractivity contribution < 1.29 is 19.4 Å². The van der Waals surface area contributed by atoms with E-state index in [4.69, 9.17) is 21.4 Å². The molecule has 1 atom stereocenters. The number of carbonyl (C=O) groups is 2. The Morgan fingerprint density at radius 2 is 2.25 bits per heavy atom. The van der Waals surface area contributed by atoms with Crippen LogP contribution in [0.4, 0.5) is 0 Å². The molecule has 2 N–H and O–H groups in total. The van der Waals surface area contributed by atoms with Crippen LogP contribution < -0.4 is 5.32 Å². The van der Waals surface area contributed by atoms with E-state index in [2.05, 4.69) is 11.9 Å². The highest BCUT2D eigenvalue weighted by Crippen LogP contribution is 2.15. The zero-order valence-electron chi connectivity index (χ0n) is 11.1. The summed E-state index contributed by atoms with van der Waals surface area (Å²) in [7, 11) is 0. The zero-order chi connectivity index (χ0) is 15.1. The van der Waals surface area contributed by atoms with Crippen molar-refractivity contribution in [2.24, 2.45) is 0 Å². The van der Waals surface area contributed by atoms with E-state index in [1.54, 1.807) is 19.1 Å². The molecule has 1 unspecified atom stereocenters. The minimum absolute atomic E-state index is 0.132. The average Bonchev–Trinajstić information content (AvgIpc) is 2.40. The summed E-state index contributed by atoms with van der Waals surface area (Å²) in [6.45, 7) is 5.29. The van der Waals surface area contributed by atoms with Crippen molar-refractivity contribution in [2.45, 2.75) is 13.0 Å². The van der Waals surface area contributed by atoms with E-state index in [0.717, 1.165) is 0 Å². The second-order valence-electron chi connectivity index (χ2n) is 4.15. The standard InChI is InChI=1S/C14H16ClNO4/c1-3-6-20-8-12(14(18)19)16-13(17)11-7-10(15)5-4-9(11)2/h3-5,7,12H,1,6,8H2,2H3,(H,16,17)(H,18,19). The zero-order valence-corrected chi connectivity index (χ0v) is 11.8. The van der Waals surface area contributed by atoms with E-state index in [-0.39, 0.29) is 13.2 Å². The highest BCUT2D eigenvalue weighted by Gasteiger charge is 2.21. The summed E-state index contributed by atoms with van der Waals surface area (Å²) in [4.78, 5) is 23.1. The number of carboxylic acid groups (broad SMARTS) is 1. The Kier molecular flexibility index (Phi) is 6.21. The molecule has 0 aliphatic carbocycles. The Balaban J connectivity index is 2.77. The predicted octanol–water partition coefficient (Wildman–Crippen LogP) is 2.03. The molecule has 20 heavy (non-hydrogen) atoms. The van der Waals surface area contributed by atoms with Gasteiger partial charge in [0.25, 0.3) is 5.91 Å². The molecular weight excluding hydrogens is 282 g/mol. The van der Waals surface area contributed by atoms with Crippen molar-refractivity contribution >= 4 is 23.5 Å². The van der Waals surface area contributed by atoms with Crippen LogP contribution in [0.25, 0.3) is 0 Å². The van der Waals surface area contributed by atoms with Gasteiger partial charge in [0.05, 0.1) is 13.2 Å². The fourth-order valence-corrected chi connectivity index (χ4v) is 1.69. The van der Waals surface area contributed by atoms with Crippen LogP contribution in [0, 0.1) is 6.92 Å². The van der Waals surface area contributed by atoms with Crippen LogP contribution in [0.15, 0.2) is 30.9 Å². The highest BCUT2D eigenvalue weighted by atomic mass is 35.5. The summed E-state index contributed by atoms with van der Waals surface area (Å²) >= 11 is 5.83. The SMILES string of the molecule is C=CCOCC(NC(=O)c1cc(Cl)ccc1C)C(=O)O. The first-order valence-electron chi connectivity index (χ1n) is 5.94. The Labute approximate surface area is 122 Å². The van der Waals surface area contributed by atoms with Crippen molar-refractivity contribution in [3.63, 3.8) is 0 Å². The minimum Gasteiger partial charge on any atom is -0.480 e. The first-order valence-corrected chi connectivity index (χ1v) is 6.32. The molecule has 0 bridgehead atoms. The van der Waals surface area contributed by atoms with Gasteiger partial charge in [-0.1, -0.05) is 23.7 Å². The van der Waals surface area contributed by atoms with Gasteiger partial charge < -0.3 is 15.2 Å². The van der Waals surface area contributed by atoms with Crippen molar-refractivity contribution in [2.75, 3.05) is 13.2 Å². The van der Waals surface area contributed by atoms with E-state index in [1.807, 2.05) is 0 Å². The minimum atomic E-state index is -1.16. The summed E-state index contributed by atoms with van der Waals surface area (Å²) in [5.41, 5.74) is 1.05. The monoisotopic (exact) mass is 297 g/mol. The number of ether oxygens (including phenoxy) is 1. The number of rotatable bonds is 7. The number of amides is 1. The van der Waals surface area contributed by atoms with Gasteiger partial charge in [-0.25, -0.2) is 4.79 Å². The van der Waals surface area contributed by atoms with Crippen molar-refractivity contribution in [3.8, 4) is 0 Å². The summed E-state index contributed by atoms with van der Waals surface area (Å²) in [5, 5.41) is 11.9. The second-order valence-corrected chi connectivity index (χ2v) is 4.59. The van der Waals surface area contributed by atoms with Gasteiger partial charge >= 0.3 is 5.97 Å². The maximum absolute atomic E-state index is 12.1. The van der Waals surface area contributed by atoms with Gasteiger partial charge in [-0.05, 0) is 24.6 Å². The van der Waals surface area contributed by atoms with Crippen molar-refractivity contribution in [1.29, 1.82) is 0 Å². The third kappa shape index (κ3) is 4.68. The molecule has 1 aromatic rings. The molecule has 1 aromatic carbocycles. The highest BCUT2D eigenvalue weighted by molar-refractivity contribution is 6.31. The number of carbonyl (C=O) groups excluding carboxylic acids is 1. The molecule has 0 fully saturated rings. The van der Waals surface area contributed by atoms with E-state index >= 15 is 0 Å². The molecule has 0 aromatic heterocycles. The molecule has 0 aliphatic rings. The Morgan fingerprint density at radius 3 is 2.85 bits per heavy atom. The lowest BCUT2D eigenvalue weighted by atomic mass is 10.1. The number of hydrogen-bond acceptors (Lipinski definition) is 3. The maximum atomic E-state index is 12.1. The lowest BCUT2D eigenvalue weighted by Gasteiger charge is -2.15. The van der Waals surface area contributed by atoms with Crippen LogP contribution in [0.3, 0.4) is 0 Å². The van der Waals surface area contributed by atoms with Crippen LogP contribution in [0.1, 0.15) is 15.9 Å². The van der Waals surface area contributed by atoms with Crippen molar-refractivity contribution in [1.82, 2.24) is 5.32 Å². The maximum Gasteiger partial charge on any atom is 0.328 e. The number of carboxylic acids is 1. The average molecular weight is 298 g/mol. The molecule has 0 aliphatic heterocycles. The van der Waals surface area contributed by atoms with Crippen molar-refractivity contribution in [3.05, 3.63) is 47.0 Å². The van der Waals surface area contributed by atoms with Gasteiger partial charge in [-0.2, -0.15) is 0 Å². The van der Waals surface area contributed by atoms with Gasteiger partial charge in [-0.3, -0.25) is 4.79 Å². The molecular formula is C14H16ClNO4. The van der Waals surface area contributed by atoms with E-state index in [0.29, 0.717) is 16.1 Å². The van der Waals surface area contributed by atoms with Gasteiger partial charge in [0, 0.05) is 10.6 Å². The third-order valence-electron chi connectivity index (χ3n) is 2.57. The summed E-state index contributed by atoms with van der Waals surface area (Å²) in [6.07, 6.45) is 1.50. The molecule has 5 nitrogen and oxygen atoms in total. The van der Waals surface area contributed by atoms with Gasteiger partial charge in [0.15, 0.2) is 6.04 Å². The molecule has 1 amide bonds. The molecule has 0 saturated carbocycles. The number of aryl methyl sites for hydroxylation is 1. The molecule has 1 rings (SSSR count).